The monoisotopic (exact) mass is 451 g/mol. The highest BCUT2D eigenvalue weighted by Gasteiger charge is 2.28. The Balaban J connectivity index is 1.83. The van der Waals surface area contributed by atoms with E-state index in [0.717, 1.165) is 21.0 Å². The van der Waals surface area contributed by atoms with Gasteiger partial charge in [0.15, 0.2) is 0 Å². The molecule has 0 heterocycles. The van der Waals surface area contributed by atoms with Gasteiger partial charge in [0.2, 0.25) is 0 Å². The van der Waals surface area contributed by atoms with Gasteiger partial charge in [-0.2, -0.15) is 5.10 Å². The highest BCUT2D eigenvalue weighted by Crippen LogP contribution is 2.27. The third-order valence-electron chi connectivity index (χ3n) is 4.76. The largest absolute Gasteiger partial charge is 0.497 e. The summed E-state index contributed by atoms with van der Waals surface area (Å²) in [4.78, 5) is 12.7. The van der Waals surface area contributed by atoms with Crippen LogP contribution in [0.3, 0.4) is 0 Å². The number of rotatable bonds is 8. The normalized spacial score (nSPS) is 11.3. The maximum Gasteiger partial charge on any atom is 0.264 e. The van der Waals surface area contributed by atoms with Crippen LogP contribution in [0.25, 0.3) is 0 Å². The summed E-state index contributed by atoms with van der Waals surface area (Å²) in [6, 6.07) is 20.6. The number of hydrogen-bond acceptors (Lipinski definition) is 5. The molecule has 0 unspecified atom stereocenters. The van der Waals surface area contributed by atoms with Crippen molar-refractivity contribution in [2.45, 2.75) is 18.7 Å². The number of methoxy groups -OCH3 is 1. The molecule has 0 spiro atoms. The van der Waals surface area contributed by atoms with Gasteiger partial charge in [-0.05, 0) is 67.4 Å². The zero-order valence-electron chi connectivity index (χ0n) is 18.1. The molecular formula is C24H25N3O4S. The number of carbonyl (C=O) groups is 1. The molecule has 32 heavy (non-hydrogen) atoms. The average Bonchev–Trinajstić information content (AvgIpc) is 2.79. The summed E-state index contributed by atoms with van der Waals surface area (Å²) in [5.41, 5.74) is 5.35. The summed E-state index contributed by atoms with van der Waals surface area (Å²) in [6.45, 7) is 3.32. The summed E-state index contributed by atoms with van der Waals surface area (Å²) in [5, 5.41) is 3.95. The molecule has 1 N–H and O–H groups in total. The van der Waals surface area contributed by atoms with Gasteiger partial charge in [0.1, 0.15) is 12.3 Å². The standard InChI is InChI=1S/C24H25N3O4S/c1-18-9-14-23(19(2)15-18)27(32(29,30)22-7-5-4-6-8-22)17-24(28)26-25-16-20-10-12-21(31-3)13-11-20/h4-16H,17H2,1-3H3,(H,26,28)/b25-16+. The fourth-order valence-electron chi connectivity index (χ4n) is 3.14. The van der Waals surface area contributed by atoms with Gasteiger partial charge < -0.3 is 4.74 Å². The van der Waals surface area contributed by atoms with Gasteiger partial charge >= 0.3 is 0 Å². The van der Waals surface area contributed by atoms with Gasteiger partial charge in [-0.25, -0.2) is 13.8 Å². The number of amides is 1. The molecule has 166 valence electrons. The number of nitrogens with zero attached hydrogens (tertiary/aromatic N) is 2. The third kappa shape index (κ3) is 5.53. The number of ether oxygens (including phenoxy) is 1. The van der Waals surface area contributed by atoms with Crippen molar-refractivity contribution in [1.82, 2.24) is 5.43 Å². The zero-order valence-corrected chi connectivity index (χ0v) is 19.0. The van der Waals surface area contributed by atoms with Crippen molar-refractivity contribution in [2.75, 3.05) is 18.0 Å². The molecule has 0 atom stereocenters. The molecule has 0 bridgehead atoms. The second kappa shape index (κ2) is 10.1. The number of hydrazone groups is 1. The van der Waals surface area contributed by atoms with Gasteiger partial charge in [-0.3, -0.25) is 9.10 Å². The SMILES string of the molecule is COc1ccc(/C=N/NC(=O)CN(c2ccc(C)cc2C)S(=O)(=O)c2ccccc2)cc1. The summed E-state index contributed by atoms with van der Waals surface area (Å²) < 4.78 is 32.9. The maximum absolute atomic E-state index is 13.4. The van der Waals surface area contributed by atoms with E-state index in [1.54, 1.807) is 55.6 Å². The average molecular weight is 452 g/mol. The van der Waals surface area contributed by atoms with Gasteiger partial charge in [0.25, 0.3) is 15.9 Å². The molecule has 0 fully saturated rings. The number of carbonyl (C=O) groups excluding carboxylic acids is 1. The summed E-state index contributed by atoms with van der Waals surface area (Å²) in [6.07, 6.45) is 1.48. The lowest BCUT2D eigenvalue weighted by Crippen LogP contribution is -2.40. The molecule has 0 radical (unpaired) electrons. The Bertz CT molecular complexity index is 1210. The van der Waals surface area contributed by atoms with Gasteiger partial charge in [-0.15, -0.1) is 0 Å². The van der Waals surface area contributed by atoms with Crippen molar-refractivity contribution in [3.05, 3.63) is 89.5 Å². The van der Waals surface area contributed by atoms with Crippen LogP contribution in [-0.4, -0.2) is 34.2 Å². The fraction of sp³-hybridized carbons (Fsp3) is 0.167. The van der Waals surface area contributed by atoms with Crippen molar-refractivity contribution in [3.8, 4) is 5.75 Å². The minimum absolute atomic E-state index is 0.106. The minimum atomic E-state index is -3.96. The first-order valence-corrected chi connectivity index (χ1v) is 11.4. The Morgan fingerprint density at radius 2 is 1.72 bits per heavy atom. The summed E-state index contributed by atoms with van der Waals surface area (Å²) in [7, 11) is -2.38. The van der Waals surface area contributed by atoms with Crippen LogP contribution >= 0.6 is 0 Å². The van der Waals surface area contributed by atoms with Gasteiger partial charge in [0.05, 0.1) is 23.9 Å². The first kappa shape index (κ1) is 23.0. The molecule has 0 aromatic heterocycles. The van der Waals surface area contributed by atoms with Crippen LogP contribution in [0.15, 0.2) is 82.8 Å². The first-order chi connectivity index (χ1) is 15.3. The Kier molecular flexibility index (Phi) is 7.27. The lowest BCUT2D eigenvalue weighted by atomic mass is 10.1. The second-order valence-corrected chi connectivity index (χ2v) is 9.04. The summed E-state index contributed by atoms with van der Waals surface area (Å²) >= 11 is 0. The predicted molar refractivity (Wildman–Crippen MR) is 126 cm³/mol. The highest BCUT2D eigenvalue weighted by molar-refractivity contribution is 7.92. The molecule has 0 aliphatic heterocycles. The molecule has 0 saturated heterocycles. The summed E-state index contributed by atoms with van der Waals surface area (Å²) in [5.74, 6) is 0.149. The number of hydrogen-bond donors (Lipinski definition) is 1. The van der Waals surface area contributed by atoms with Crippen molar-refractivity contribution in [2.24, 2.45) is 5.10 Å². The zero-order chi connectivity index (χ0) is 23.1. The molecule has 0 aliphatic carbocycles. The molecule has 0 saturated carbocycles. The van der Waals surface area contributed by atoms with Gasteiger partial charge in [-0.1, -0.05) is 35.9 Å². The van der Waals surface area contributed by atoms with E-state index < -0.39 is 22.5 Å². The molecule has 3 aromatic carbocycles. The quantitative estimate of drug-likeness (QED) is 0.418. The first-order valence-electron chi connectivity index (χ1n) is 9.92. The van der Waals surface area contributed by atoms with Crippen LogP contribution < -0.4 is 14.5 Å². The molecule has 3 rings (SSSR count). The van der Waals surface area contributed by atoms with Crippen LogP contribution in [0.1, 0.15) is 16.7 Å². The number of anilines is 1. The van der Waals surface area contributed by atoms with E-state index in [4.69, 9.17) is 4.74 Å². The molecule has 3 aromatic rings. The molecule has 8 heteroatoms. The van der Waals surface area contributed by atoms with Crippen molar-refractivity contribution in [3.63, 3.8) is 0 Å². The maximum atomic E-state index is 13.4. The van der Waals surface area contributed by atoms with E-state index >= 15 is 0 Å². The van der Waals surface area contributed by atoms with Crippen molar-refractivity contribution >= 4 is 27.8 Å². The van der Waals surface area contributed by atoms with E-state index in [1.807, 2.05) is 26.0 Å². The molecular weight excluding hydrogens is 426 g/mol. The lowest BCUT2D eigenvalue weighted by molar-refractivity contribution is -0.119. The number of nitrogens with one attached hydrogen (secondary N) is 1. The third-order valence-corrected chi connectivity index (χ3v) is 6.53. The molecule has 0 aliphatic rings. The Hall–Kier alpha value is -3.65. The number of aryl methyl sites for hydroxylation is 2. The lowest BCUT2D eigenvalue weighted by Gasteiger charge is -2.25. The second-order valence-electron chi connectivity index (χ2n) is 7.18. The minimum Gasteiger partial charge on any atom is -0.497 e. The van der Waals surface area contributed by atoms with Crippen LogP contribution in [-0.2, 0) is 14.8 Å². The Morgan fingerprint density at radius 1 is 1.03 bits per heavy atom. The van der Waals surface area contributed by atoms with Crippen molar-refractivity contribution < 1.29 is 17.9 Å². The molecule has 1 amide bonds. The van der Waals surface area contributed by atoms with E-state index in [9.17, 15) is 13.2 Å². The van der Waals surface area contributed by atoms with E-state index in [-0.39, 0.29) is 4.90 Å². The van der Waals surface area contributed by atoms with Crippen LogP contribution in [0.2, 0.25) is 0 Å². The number of sulfonamides is 1. The fourth-order valence-corrected chi connectivity index (χ4v) is 4.65. The Morgan fingerprint density at radius 3 is 2.34 bits per heavy atom. The van der Waals surface area contributed by atoms with Gasteiger partial charge in [0, 0.05) is 0 Å². The Labute approximate surface area is 188 Å². The highest BCUT2D eigenvalue weighted by atomic mass is 32.2. The smallest absolute Gasteiger partial charge is 0.264 e. The van der Waals surface area contributed by atoms with E-state index in [1.165, 1.54) is 18.3 Å². The van der Waals surface area contributed by atoms with E-state index in [0.29, 0.717) is 11.4 Å². The van der Waals surface area contributed by atoms with Crippen molar-refractivity contribution in [1.29, 1.82) is 0 Å². The molecule has 7 nitrogen and oxygen atoms in total. The van der Waals surface area contributed by atoms with Crippen LogP contribution in [0, 0.1) is 13.8 Å². The number of benzene rings is 3. The van der Waals surface area contributed by atoms with E-state index in [2.05, 4.69) is 10.5 Å². The van der Waals surface area contributed by atoms with Crippen LogP contribution in [0.4, 0.5) is 5.69 Å². The van der Waals surface area contributed by atoms with Crippen LogP contribution in [0.5, 0.6) is 5.75 Å². The topological polar surface area (TPSA) is 88.1 Å². The predicted octanol–water partition coefficient (Wildman–Crippen LogP) is 3.66.